The number of pyridine rings is 1. The fourth-order valence-electron chi connectivity index (χ4n) is 3.20. The number of aromatic nitrogens is 4. The molecule has 188 valence electrons. The first-order valence-corrected chi connectivity index (χ1v) is 10.2. The third-order valence-electron chi connectivity index (χ3n) is 5.10. The van der Waals surface area contributed by atoms with Gasteiger partial charge in [0.25, 0.3) is 0 Å². The Morgan fingerprint density at radius 2 is 1.94 bits per heavy atom. The Labute approximate surface area is 194 Å². The lowest BCUT2D eigenvalue weighted by Gasteiger charge is -2.20. The molecular formula is C22H20F6N4O3. The molecule has 1 aromatic carbocycles. The fourth-order valence-corrected chi connectivity index (χ4v) is 3.20. The second-order valence-electron chi connectivity index (χ2n) is 7.40. The van der Waals surface area contributed by atoms with Crippen molar-refractivity contribution in [1.29, 1.82) is 0 Å². The third kappa shape index (κ3) is 5.24. The van der Waals surface area contributed by atoms with E-state index in [9.17, 15) is 27.5 Å². The molecule has 0 aliphatic heterocycles. The first-order chi connectivity index (χ1) is 16.4. The Kier molecular flexibility index (Phi) is 7.38. The average Bonchev–Trinajstić information content (AvgIpc) is 3.11. The van der Waals surface area contributed by atoms with Crippen LogP contribution in [0.5, 0.6) is 5.75 Å². The van der Waals surface area contributed by atoms with E-state index in [1.54, 1.807) is 6.92 Å². The fraction of sp³-hybridized carbons (Fsp3) is 0.318. The highest BCUT2D eigenvalue weighted by molar-refractivity contribution is 5.80. The summed E-state index contributed by atoms with van der Waals surface area (Å²) in [5.41, 5.74) is -2.50. The molecule has 0 amide bonds. The van der Waals surface area contributed by atoms with Gasteiger partial charge in [0.1, 0.15) is 35.5 Å². The summed E-state index contributed by atoms with van der Waals surface area (Å²) in [7, 11) is 0. The summed E-state index contributed by atoms with van der Waals surface area (Å²) in [6.45, 7) is 2.99. The van der Waals surface area contributed by atoms with Crippen molar-refractivity contribution in [2.45, 2.75) is 46.2 Å². The summed E-state index contributed by atoms with van der Waals surface area (Å²) < 4.78 is 90.3. The summed E-state index contributed by atoms with van der Waals surface area (Å²) in [6, 6.07) is 2.15. The van der Waals surface area contributed by atoms with Crippen molar-refractivity contribution in [1.82, 2.24) is 19.3 Å². The topological polar surface area (TPSA) is 82.2 Å². The predicted octanol–water partition coefficient (Wildman–Crippen LogP) is 4.33. The molecule has 3 rings (SSSR count). The number of nitrogens with zero attached hydrogens (tertiary/aromatic N) is 4. The number of hydrogen-bond donors (Lipinski definition) is 1. The maximum atomic E-state index is 15.2. The van der Waals surface area contributed by atoms with Gasteiger partial charge in [0.15, 0.2) is 11.9 Å². The molecule has 35 heavy (non-hydrogen) atoms. The van der Waals surface area contributed by atoms with Crippen molar-refractivity contribution < 1.29 is 36.2 Å². The van der Waals surface area contributed by atoms with Crippen LogP contribution in [0.2, 0.25) is 0 Å². The number of alkyl halides is 3. The third-order valence-corrected chi connectivity index (χ3v) is 5.10. The number of benzene rings is 1. The van der Waals surface area contributed by atoms with Gasteiger partial charge in [-0.25, -0.2) is 18.0 Å². The molecule has 13 heteroatoms. The van der Waals surface area contributed by atoms with E-state index in [-0.39, 0.29) is 23.6 Å². The van der Waals surface area contributed by atoms with Gasteiger partial charge < -0.3 is 9.84 Å². The molecule has 7 nitrogen and oxygen atoms in total. The van der Waals surface area contributed by atoms with E-state index in [1.807, 2.05) is 0 Å². The van der Waals surface area contributed by atoms with E-state index in [1.165, 1.54) is 6.92 Å². The van der Waals surface area contributed by atoms with Gasteiger partial charge in [0.05, 0.1) is 5.56 Å². The molecule has 0 fully saturated rings. The van der Waals surface area contributed by atoms with Gasteiger partial charge in [-0.2, -0.15) is 17.9 Å². The van der Waals surface area contributed by atoms with Crippen LogP contribution in [0.25, 0.3) is 17.6 Å². The van der Waals surface area contributed by atoms with Crippen LogP contribution in [-0.2, 0) is 13.2 Å². The van der Waals surface area contributed by atoms with E-state index in [2.05, 4.69) is 10.1 Å². The quantitative estimate of drug-likeness (QED) is 0.487. The first kappa shape index (κ1) is 26.0. The number of aryl methyl sites for hydroxylation is 1. The zero-order chi connectivity index (χ0) is 26.1. The Balaban J connectivity index is 2.24. The molecule has 0 unspecified atom stereocenters. The molecular weight excluding hydrogens is 482 g/mol. The maximum Gasteiger partial charge on any atom is 0.425 e. The SMILES string of the molecule is CCn1c(CO)nn(-c2cc(O[C@@H](C)C(F)(F)F)c(/C(F)=C/c3c(F)ccnc3C)cc2F)c1=O. The van der Waals surface area contributed by atoms with Crippen molar-refractivity contribution in [3.8, 4) is 11.4 Å². The minimum Gasteiger partial charge on any atom is -0.480 e. The lowest BCUT2D eigenvalue weighted by molar-refractivity contribution is -0.189. The monoisotopic (exact) mass is 502 g/mol. The first-order valence-electron chi connectivity index (χ1n) is 10.2. The van der Waals surface area contributed by atoms with Gasteiger partial charge in [-0.15, -0.1) is 5.10 Å². The average molecular weight is 502 g/mol. The second kappa shape index (κ2) is 9.94. The number of ether oxygens (including phenoxy) is 1. The molecule has 0 aliphatic carbocycles. The van der Waals surface area contributed by atoms with Crippen LogP contribution in [0.4, 0.5) is 26.3 Å². The molecule has 3 aromatic rings. The number of hydrogen-bond acceptors (Lipinski definition) is 5. The zero-order valence-corrected chi connectivity index (χ0v) is 18.7. The Bertz CT molecular complexity index is 1310. The smallest absolute Gasteiger partial charge is 0.425 e. The van der Waals surface area contributed by atoms with Crippen molar-refractivity contribution in [3.63, 3.8) is 0 Å². The van der Waals surface area contributed by atoms with Crippen LogP contribution in [-0.4, -0.2) is 36.7 Å². The standard InChI is InChI=1S/C22H20F6N4O3/c1-4-31-20(10-33)30-32(21(31)34)18-9-19(35-12(3)22(26,27)28)14(8-17(18)25)16(24)7-13-11(2)29-6-5-15(13)23/h5-9,12,33H,4,10H2,1-3H3/b16-7-/t12-/m0/s1. The number of aliphatic hydroxyl groups is 1. The maximum absolute atomic E-state index is 15.2. The molecule has 2 aromatic heterocycles. The van der Waals surface area contributed by atoms with Gasteiger partial charge in [0, 0.05) is 30.1 Å². The van der Waals surface area contributed by atoms with Crippen LogP contribution >= 0.6 is 0 Å². The minimum absolute atomic E-state index is 0.0658. The summed E-state index contributed by atoms with van der Waals surface area (Å²) in [4.78, 5) is 16.4. The van der Waals surface area contributed by atoms with Gasteiger partial charge in [0.2, 0.25) is 0 Å². The second-order valence-corrected chi connectivity index (χ2v) is 7.40. The van der Waals surface area contributed by atoms with Crippen molar-refractivity contribution in [2.75, 3.05) is 0 Å². The van der Waals surface area contributed by atoms with E-state index < -0.39 is 59.0 Å². The Hall–Kier alpha value is -3.61. The van der Waals surface area contributed by atoms with Gasteiger partial charge in [-0.05, 0) is 39.0 Å². The van der Waals surface area contributed by atoms with E-state index >= 15 is 8.78 Å². The number of aliphatic hydroxyl groups excluding tert-OH is 1. The van der Waals surface area contributed by atoms with Crippen LogP contribution in [0.3, 0.4) is 0 Å². The molecule has 0 saturated heterocycles. The molecule has 0 aliphatic rings. The highest BCUT2D eigenvalue weighted by Gasteiger charge is 2.39. The highest BCUT2D eigenvalue weighted by atomic mass is 19.4. The normalized spacial score (nSPS) is 13.3. The van der Waals surface area contributed by atoms with Crippen LogP contribution in [0, 0.1) is 18.6 Å². The number of halogens is 6. The van der Waals surface area contributed by atoms with Crippen molar-refractivity contribution in [3.05, 3.63) is 69.2 Å². The molecule has 0 bridgehead atoms. The highest BCUT2D eigenvalue weighted by Crippen LogP contribution is 2.35. The largest absolute Gasteiger partial charge is 0.480 e. The summed E-state index contributed by atoms with van der Waals surface area (Å²) >= 11 is 0. The zero-order valence-electron chi connectivity index (χ0n) is 18.7. The van der Waals surface area contributed by atoms with Gasteiger partial charge in [-0.1, -0.05) is 0 Å². The lowest BCUT2D eigenvalue weighted by Crippen LogP contribution is -2.31. The molecule has 0 spiro atoms. The Morgan fingerprint density at radius 1 is 1.26 bits per heavy atom. The van der Waals surface area contributed by atoms with E-state index in [0.29, 0.717) is 29.8 Å². The molecule has 0 saturated carbocycles. The summed E-state index contributed by atoms with van der Waals surface area (Å²) in [6.07, 6.45) is -5.51. The summed E-state index contributed by atoms with van der Waals surface area (Å²) in [5.74, 6) is -4.29. The van der Waals surface area contributed by atoms with Crippen LogP contribution < -0.4 is 10.4 Å². The lowest BCUT2D eigenvalue weighted by atomic mass is 10.1. The molecule has 2 heterocycles. The van der Waals surface area contributed by atoms with Crippen LogP contribution in [0.1, 0.15) is 36.5 Å². The van der Waals surface area contributed by atoms with E-state index in [0.717, 1.165) is 16.8 Å². The van der Waals surface area contributed by atoms with Gasteiger partial charge in [-0.3, -0.25) is 9.55 Å². The summed E-state index contributed by atoms with van der Waals surface area (Å²) in [5, 5.41) is 13.2. The van der Waals surface area contributed by atoms with E-state index in [4.69, 9.17) is 4.74 Å². The molecule has 0 radical (unpaired) electrons. The Morgan fingerprint density at radius 3 is 2.49 bits per heavy atom. The number of rotatable bonds is 7. The molecule has 1 atom stereocenters. The van der Waals surface area contributed by atoms with Gasteiger partial charge >= 0.3 is 11.9 Å². The van der Waals surface area contributed by atoms with Crippen molar-refractivity contribution in [2.24, 2.45) is 0 Å². The van der Waals surface area contributed by atoms with Crippen LogP contribution in [0.15, 0.2) is 29.2 Å². The molecule has 1 N–H and O–H groups in total. The van der Waals surface area contributed by atoms with Crippen molar-refractivity contribution >= 4 is 11.9 Å². The minimum atomic E-state index is -4.86. The predicted molar refractivity (Wildman–Crippen MR) is 113 cm³/mol.